The van der Waals surface area contributed by atoms with Crippen LogP contribution in [-0.4, -0.2) is 12.5 Å². The molecule has 2 heterocycles. The Bertz CT molecular complexity index is 1010. The second-order valence-corrected chi connectivity index (χ2v) is 9.05. The average Bonchev–Trinajstić information content (AvgIpc) is 3.41. The number of thiophene rings is 2. The quantitative estimate of drug-likeness (QED) is 0.617. The molecule has 1 aromatic carbocycles. The largest absolute Gasteiger partial charge is 0.315 e. The molecule has 142 valence electrons. The predicted octanol–water partition coefficient (Wildman–Crippen LogP) is 4.80. The van der Waals surface area contributed by atoms with Crippen molar-refractivity contribution in [3.63, 3.8) is 0 Å². The van der Waals surface area contributed by atoms with Gasteiger partial charge >= 0.3 is 0 Å². The minimum absolute atomic E-state index is 0.0323. The van der Waals surface area contributed by atoms with E-state index in [2.05, 4.69) is 54.0 Å². The van der Waals surface area contributed by atoms with Crippen molar-refractivity contribution in [2.75, 3.05) is 11.9 Å². The van der Waals surface area contributed by atoms with Gasteiger partial charge in [0.2, 0.25) is 5.91 Å². The van der Waals surface area contributed by atoms with E-state index in [0.717, 1.165) is 30.4 Å². The number of nitriles is 1. The second-order valence-electron chi connectivity index (χ2n) is 6.96. The summed E-state index contributed by atoms with van der Waals surface area (Å²) in [7, 11) is 0. The number of fused-ring (bicyclic) bond motifs is 1. The van der Waals surface area contributed by atoms with Crippen molar-refractivity contribution in [2.45, 2.75) is 32.2 Å². The van der Waals surface area contributed by atoms with Crippen molar-refractivity contribution in [3.05, 3.63) is 73.8 Å². The molecule has 1 aliphatic rings. The molecule has 4 rings (SSSR count). The van der Waals surface area contributed by atoms with Crippen LogP contribution in [-0.2, 0) is 17.6 Å². The number of nitrogens with zero attached hydrogens (tertiary/aromatic N) is 1. The van der Waals surface area contributed by atoms with Gasteiger partial charge in [0.1, 0.15) is 11.1 Å². The van der Waals surface area contributed by atoms with Gasteiger partial charge in [-0.3, -0.25) is 10.1 Å². The van der Waals surface area contributed by atoms with Gasteiger partial charge in [-0.25, -0.2) is 0 Å². The van der Waals surface area contributed by atoms with Crippen LogP contribution in [0.3, 0.4) is 0 Å². The Morgan fingerprint density at radius 2 is 2.07 bits per heavy atom. The van der Waals surface area contributed by atoms with Crippen molar-refractivity contribution in [1.82, 2.24) is 5.32 Å². The first-order chi connectivity index (χ1) is 13.7. The van der Waals surface area contributed by atoms with Crippen LogP contribution < -0.4 is 10.6 Å². The molecular weight excluding hydrogens is 386 g/mol. The van der Waals surface area contributed by atoms with Gasteiger partial charge in [-0.15, -0.1) is 22.7 Å². The Hall–Kier alpha value is -2.46. The van der Waals surface area contributed by atoms with Gasteiger partial charge in [0.05, 0.1) is 18.2 Å². The first-order valence-electron chi connectivity index (χ1n) is 9.33. The van der Waals surface area contributed by atoms with Gasteiger partial charge in [-0.1, -0.05) is 35.9 Å². The summed E-state index contributed by atoms with van der Waals surface area (Å²) in [6, 6.07) is 14.7. The molecular formula is C22H21N3OS2. The van der Waals surface area contributed by atoms with Gasteiger partial charge in [0.15, 0.2) is 0 Å². The molecule has 2 aromatic heterocycles. The van der Waals surface area contributed by atoms with Crippen LogP contribution in [0.4, 0.5) is 5.00 Å². The number of carbonyl (C=O) groups is 1. The normalized spacial score (nSPS) is 13.7. The Kier molecular flexibility index (Phi) is 5.58. The smallest absolute Gasteiger partial charge is 0.238 e. The van der Waals surface area contributed by atoms with Crippen molar-refractivity contribution >= 4 is 33.6 Å². The van der Waals surface area contributed by atoms with Crippen LogP contribution >= 0.6 is 22.7 Å². The van der Waals surface area contributed by atoms with E-state index in [4.69, 9.17) is 0 Å². The van der Waals surface area contributed by atoms with E-state index in [0.29, 0.717) is 10.6 Å². The molecule has 1 amide bonds. The maximum absolute atomic E-state index is 12.6. The molecule has 1 atom stereocenters. The highest BCUT2D eigenvalue weighted by molar-refractivity contribution is 7.16. The first kappa shape index (κ1) is 18.9. The van der Waals surface area contributed by atoms with E-state index in [1.54, 1.807) is 22.7 Å². The van der Waals surface area contributed by atoms with Crippen LogP contribution in [0.5, 0.6) is 0 Å². The third kappa shape index (κ3) is 3.88. The molecule has 1 unspecified atom stereocenters. The number of anilines is 1. The van der Waals surface area contributed by atoms with Crippen LogP contribution in [0.2, 0.25) is 0 Å². The molecule has 0 aliphatic heterocycles. The summed E-state index contributed by atoms with van der Waals surface area (Å²) in [6.07, 6.45) is 3.05. The van der Waals surface area contributed by atoms with E-state index in [-0.39, 0.29) is 18.5 Å². The maximum Gasteiger partial charge on any atom is 0.238 e. The SMILES string of the molecule is Cc1ccc(C(NCC(=O)Nc2sc3c(c2C#N)CCC3)c2cccs2)cc1. The average molecular weight is 408 g/mol. The first-order valence-corrected chi connectivity index (χ1v) is 11.0. The van der Waals surface area contributed by atoms with E-state index in [1.807, 2.05) is 11.4 Å². The lowest BCUT2D eigenvalue weighted by Crippen LogP contribution is -2.31. The van der Waals surface area contributed by atoms with Crippen molar-refractivity contribution in [3.8, 4) is 6.07 Å². The third-order valence-corrected chi connectivity index (χ3v) is 7.14. The van der Waals surface area contributed by atoms with Crippen LogP contribution in [0, 0.1) is 18.3 Å². The van der Waals surface area contributed by atoms with E-state index in [9.17, 15) is 10.1 Å². The second kappa shape index (κ2) is 8.27. The molecule has 0 saturated heterocycles. The lowest BCUT2D eigenvalue weighted by atomic mass is 10.0. The fourth-order valence-corrected chi connectivity index (χ4v) is 5.66. The Morgan fingerprint density at radius 1 is 1.25 bits per heavy atom. The zero-order chi connectivity index (χ0) is 19.5. The Labute approximate surface area is 172 Å². The van der Waals surface area contributed by atoms with Crippen molar-refractivity contribution < 1.29 is 4.79 Å². The lowest BCUT2D eigenvalue weighted by molar-refractivity contribution is -0.115. The van der Waals surface area contributed by atoms with E-state index < -0.39 is 0 Å². The molecule has 2 N–H and O–H groups in total. The minimum Gasteiger partial charge on any atom is -0.315 e. The summed E-state index contributed by atoms with van der Waals surface area (Å²) in [4.78, 5) is 15.0. The lowest BCUT2D eigenvalue weighted by Gasteiger charge is -2.18. The van der Waals surface area contributed by atoms with Gasteiger partial charge in [0, 0.05) is 9.75 Å². The molecule has 0 bridgehead atoms. The number of carbonyl (C=O) groups excluding carboxylic acids is 1. The molecule has 1 aliphatic carbocycles. The number of rotatable bonds is 6. The van der Waals surface area contributed by atoms with E-state index in [1.165, 1.54) is 15.3 Å². The van der Waals surface area contributed by atoms with Crippen LogP contribution in [0.15, 0.2) is 41.8 Å². The number of hydrogen-bond donors (Lipinski definition) is 2. The third-order valence-electron chi connectivity index (χ3n) is 4.99. The highest BCUT2D eigenvalue weighted by atomic mass is 32.1. The Morgan fingerprint density at radius 3 is 2.79 bits per heavy atom. The fraction of sp³-hybridized carbons (Fsp3) is 0.273. The molecule has 28 heavy (non-hydrogen) atoms. The number of hydrogen-bond acceptors (Lipinski definition) is 5. The molecule has 4 nitrogen and oxygen atoms in total. The number of benzene rings is 1. The van der Waals surface area contributed by atoms with Crippen LogP contribution in [0.25, 0.3) is 0 Å². The summed E-state index contributed by atoms with van der Waals surface area (Å²) in [6.45, 7) is 2.25. The maximum atomic E-state index is 12.6. The minimum atomic E-state index is -0.120. The molecule has 0 spiro atoms. The van der Waals surface area contributed by atoms with Crippen molar-refractivity contribution in [1.29, 1.82) is 5.26 Å². The highest BCUT2D eigenvalue weighted by Crippen LogP contribution is 2.38. The standard InChI is InChI=1S/C22H21N3OS2/c1-14-7-9-15(10-8-14)21(19-6-3-11-27-19)24-13-20(26)25-22-17(12-23)16-4-2-5-18(16)28-22/h3,6-11,21,24H,2,4-5,13H2,1H3,(H,25,26). The van der Waals surface area contributed by atoms with Gasteiger partial charge in [-0.05, 0) is 48.8 Å². The van der Waals surface area contributed by atoms with Crippen molar-refractivity contribution in [2.24, 2.45) is 0 Å². The molecule has 0 fully saturated rings. The molecule has 0 saturated carbocycles. The molecule has 0 radical (unpaired) electrons. The van der Waals surface area contributed by atoms with Gasteiger partial charge in [-0.2, -0.15) is 5.26 Å². The van der Waals surface area contributed by atoms with E-state index >= 15 is 0 Å². The summed E-state index contributed by atoms with van der Waals surface area (Å²) < 4.78 is 0. The monoisotopic (exact) mass is 407 g/mol. The number of aryl methyl sites for hydroxylation is 2. The Balaban J connectivity index is 1.47. The zero-order valence-electron chi connectivity index (χ0n) is 15.6. The predicted molar refractivity (Wildman–Crippen MR) is 115 cm³/mol. The summed E-state index contributed by atoms with van der Waals surface area (Å²) >= 11 is 3.22. The number of nitrogens with one attached hydrogen (secondary N) is 2. The summed E-state index contributed by atoms with van der Waals surface area (Å²) in [5, 5.41) is 18.6. The van der Waals surface area contributed by atoms with Gasteiger partial charge < -0.3 is 5.32 Å². The highest BCUT2D eigenvalue weighted by Gasteiger charge is 2.23. The molecule has 6 heteroatoms. The summed E-state index contributed by atoms with van der Waals surface area (Å²) in [5.41, 5.74) is 4.13. The number of amides is 1. The fourth-order valence-electron chi connectivity index (χ4n) is 3.57. The summed E-state index contributed by atoms with van der Waals surface area (Å²) in [5.74, 6) is -0.120. The molecule has 3 aromatic rings. The van der Waals surface area contributed by atoms with Crippen LogP contribution in [0.1, 0.15) is 44.5 Å². The zero-order valence-corrected chi connectivity index (χ0v) is 17.3. The topological polar surface area (TPSA) is 64.9 Å². The van der Waals surface area contributed by atoms with Gasteiger partial charge in [0.25, 0.3) is 0 Å².